The van der Waals surface area contributed by atoms with Gasteiger partial charge in [0.2, 0.25) is 0 Å². The fourth-order valence-corrected chi connectivity index (χ4v) is 2.67. The summed E-state index contributed by atoms with van der Waals surface area (Å²) in [5.74, 6) is -1.41. The Bertz CT molecular complexity index is 1220. The highest BCUT2D eigenvalue weighted by Gasteiger charge is 2.12. The number of hydrogen-bond donors (Lipinski definition) is 2. The summed E-state index contributed by atoms with van der Waals surface area (Å²) >= 11 is 0. The van der Waals surface area contributed by atoms with Gasteiger partial charge in [-0.3, -0.25) is 24.3 Å². The first-order chi connectivity index (χ1) is 14.0. The average Bonchev–Trinajstić information content (AvgIpc) is 2.72. The lowest BCUT2D eigenvalue weighted by Crippen LogP contribution is -2.33. The van der Waals surface area contributed by atoms with Crippen LogP contribution in [0, 0.1) is 11.3 Å². The summed E-state index contributed by atoms with van der Waals surface area (Å²) in [4.78, 5) is 48.3. The molecule has 0 saturated carbocycles. The summed E-state index contributed by atoms with van der Waals surface area (Å²) in [6.07, 6.45) is 0.266. The normalized spacial score (nSPS) is 10.3. The number of fused-ring (bicyclic) bond motifs is 1. The van der Waals surface area contributed by atoms with Crippen molar-refractivity contribution in [3.63, 3.8) is 0 Å². The van der Waals surface area contributed by atoms with Crippen molar-refractivity contribution in [2.75, 3.05) is 11.9 Å². The molecule has 0 spiro atoms. The zero-order chi connectivity index (χ0) is 20.8. The number of ether oxygens (including phenoxy) is 1. The van der Waals surface area contributed by atoms with Crippen LogP contribution in [0.2, 0.25) is 0 Å². The first-order valence-electron chi connectivity index (χ1n) is 8.61. The molecule has 0 radical (unpaired) electrons. The van der Waals surface area contributed by atoms with Gasteiger partial charge in [0.05, 0.1) is 23.3 Å². The van der Waals surface area contributed by atoms with Gasteiger partial charge in [0.25, 0.3) is 17.0 Å². The first-order valence-corrected chi connectivity index (χ1v) is 8.61. The second-order valence-electron chi connectivity index (χ2n) is 6.12. The molecule has 0 aliphatic rings. The molecule has 0 aliphatic carbocycles. The Balaban J connectivity index is 1.59. The Hall–Kier alpha value is -4.19. The Morgan fingerprint density at radius 1 is 1.07 bits per heavy atom. The zero-order valence-corrected chi connectivity index (χ0v) is 15.2. The molecule has 2 N–H and O–H groups in total. The molecular formula is C20H16N4O5. The maximum atomic E-state index is 12.4. The standard InChI is InChI=1S/C20H16N4O5/c21-10-9-13-5-7-14(8-6-13)22-17(25)12-29-18(26)11-24-20(28)16-4-2-1-3-15(16)19(27)23-24/h1-8H,9,11-12H2,(H,22,25)(H,23,27). The molecule has 0 aliphatic heterocycles. The van der Waals surface area contributed by atoms with Crippen molar-refractivity contribution >= 4 is 28.3 Å². The van der Waals surface area contributed by atoms with Gasteiger partial charge >= 0.3 is 5.97 Å². The third-order valence-corrected chi connectivity index (χ3v) is 4.06. The van der Waals surface area contributed by atoms with Crippen LogP contribution in [0.5, 0.6) is 0 Å². The van der Waals surface area contributed by atoms with Crippen LogP contribution in [0.3, 0.4) is 0 Å². The molecule has 9 heteroatoms. The average molecular weight is 392 g/mol. The number of nitrogens with one attached hydrogen (secondary N) is 2. The molecule has 0 unspecified atom stereocenters. The number of aromatic nitrogens is 2. The van der Waals surface area contributed by atoms with Crippen LogP contribution in [0.1, 0.15) is 5.56 Å². The number of amides is 1. The minimum atomic E-state index is -0.849. The van der Waals surface area contributed by atoms with E-state index in [1.165, 1.54) is 12.1 Å². The van der Waals surface area contributed by atoms with Gasteiger partial charge < -0.3 is 10.1 Å². The Morgan fingerprint density at radius 3 is 2.45 bits per heavy atom. The Kier molecular flexibility index (Phi) is 5.85. The predicted molar refractivity (Wildman–Crippen MR) is 104 cm³/mol. The summed E-state index contributed by atoms with van der Waals surface area (Å²) in [6.45, 7) is -1.08. The molecule has 146 valence electrons. The van der Waals surface area contributed by atoms with E-state index in [9.17, 15) is 19.2 Å². The van der Waals surface area contributed by atoms with E-state index in [1.54, 1.807) is 36.4 Å². The maximum absolute atomic E-state index is 12.4. The molecule has 2 aromatic carbocycles. The maximum Gasteiger partial charge on any atom is 0.328 e. The fourth-order valence-electron chi connectivity index (χ4n) is 2.67. The molecule has 0 saturated heterocycles. The third-order valence-electron chi connectivity index (χ3n) is 4.06. The topological polar surface area (TPSA) is 134 Å². The summed E-state index contributed by atoms with van der Waals surface area (Å²) in [7, 11) is 0. The van der Waals surface area contributed by atoms with Gasteiger partial charge in [0.1, 0.15) is 6.54 Å². The van der Waals surface area contributed by atoms with Crippen LogP contribution in [0.25, 0.3) is 10.8 Å². The molecular weight excluding hydrogens is 376 g/mol. The van der Waals surface area contributed by atoms with E-state index in [0.717, 1.165) is 10.2 Å². The molecule has 3 rings (SSSR count). The smallest absolute Gasteiger partial charge is 0.328 e. The van der Waals surface area contributed by atoms with Crippen molar-refractivity contribution < 1.29 is 14.3 Å². The van der Waals surface area contributed by atoms with Gasteiger partial charge in [-0.05, 0) is 29.8 Å². The number of nitriles is 1. The van der Waals surface area contributed by atoms with Crippen molar-refractivity contribution in [3.05, 3.63) is 74.8 Å². The summed E-state index contributed by atoms with van der Waals surface area (Å²) < 4.78 is 5.72. The van der Waals surface area contributed by atoms with E-state index in [0.29, 0.717) is 5.69 Å². The summed E-state index contributed by atoms with van der Waals surface area (Å²) in [6, 6.07) is 14.9. The number of aromatic amines is 1. The number of esters is 1. The van der Waals surface area contributed by atoms with E-state index < -0.39 is 36.1 Å². The van der Waals surface area contributed by atoms with Crippen LogP contribution in [0.15, 0.2) is 58.1 Å². The lowest BCUT2D eigenvalue weighted by Gasteiger charge is -2.09. The van der Waals surface area contributed by atoms with E-state index in [-0.39, 0.29) is 17.2 Å². The summed E-state index contributed by atoms with van der Waals surface area (Å²) in [5.41, 5.74) is 0.249. The van der Waals surface area contributed by atoms with Crippen LogP contribution >= 0.6 is 0 Å². The Labute approximate surface area is 164 Å². The monoisotopic (exact) mass is 392 g/mol. The molecule has 0 atom stereocenters. The first kappa shape index (κ1) is 19.6. The van der Waals surface area contributed by atoms with Crippen LogP contribution in [-0.4, -0.2) is 28.3 Å². The molecule has 9 nitrogen and oxygen atoms in total. The van der Waals surface area contributed by atoms with Gasteiger partial charge in [-0.25, -0.2) is 4.68 Å². The number of H-pyrrole nitrogens is 1. The van der Waals surface area contributed by atoms with Gasteiger partial charge in [-0.15, -0.1) is 0 Å². The largest absolute Gasteiger partial charge is 0.454 e. The molecule has 3 aromatic rings. The lowest BCUT2D eigenvalue weighted by molar-refractivity contribution is -0.148. The van der Waals surface area contributed by atoms with Crippen molar-refractivity contribution in [3.8, 4) is 6.07 Å². The highest BCUT2D eigenvalue weighted by atomic mass is 16.5. The minimum absolute atomic E-state index is 0.182. The van der Waals surface area contributed by atoms with Crippen molar-refractivity contribution in [2.45, 2.75) is 13.0 Å². The Morgan fingerprint density at radius 2 is 1.76 bits per heavy atom. The van der Waals surface area contributed by atoms with E-state index in [4.69, 9.17) is 10.00 Å². The highest BCUT2D eigenvalue weighted by molar-refractivity contribution is 5.92. The number of anilines is 1. The molecule has 1 heterocycles. The highest BCUT2D eigenvalue weighted by Crippen LogP contribution is 2.09. The minimum Gasteiger partial charge on any atom is -0.454 e. The zero-order valence-electron chi connectivity index (χ0n) is 15.2. The van der Waals surface area contributed by atoms with Crippen LogP contribution < -0.4 is 16.4 Å². The summed E-state index contributed by atoms with van der Waals surface area (Å²) in [5, 5.41) is 13.9. The molecule has 29 heavy (non-hydrogen) atoms. The van der Waals surface area contributed by atoms with Crippen molar-refractivity contribution in [2.24, 2.45) is 0 Å². The lowest BCUT2D eigenvalue weighted by atomic mass is 10.1. The van der Waals surface area contributed by atoms with Gasteiger partial charge in [0.15, 0.2) is 6.61 Å². The third kappa shape index (κ3) is 4.75. The predicted octanol–water partition coefficient (Wildman–Crippen LogP) is 0.938. The SMILES string of the molecule is N#CCc1ccc(NC(=O)COC(=O)Cn2[nH]c(=O)c3ccccc3c2=O)cc1. The molecule has 1 amide bonds. The second kappa shape index (κ2) is 8.67. The molecule has 0 fully saturated rings. The fraction of sp³-hybridized carbons (Fsp3) is 0.150. The number of carbonyl (C=O) groups is 2. The number of rotatable bonds is 6. The number of hydrogen-bond acceptors (Lipinski definition) is 6. The van der Waals surface area contributed by atoms with Crippen molar-refractivity contribution in [1.82, 2.24) is 9.78 Å². The van der Waals surface area contributed by atoms with E-state index in [1.807, 2.05) is 6.07 Å². The van der Waals surface area contributed by atoms with E-state index >= 15 is 0 Å². The van der Waals surface area contributed by atoms with Gasteiger partial charge in [-0.1, -0.05) is 24.3 Å². The van der Waals surface area contributed by atoms with Gasteiger partial charge in [-0.2, -0.15) is 5.26 Å². The van der Waals surface area contributed by atoms with Crippen LogP contribution in [0.4, 0.5) is 5.69 Å². The van der Waals surface area contributed by atoms with Crippen molar-refractivity contribution in [1.29, 1.82) is 5.26 Å². The van der Waals surface area contributed by atoms with Gasteiger partial charge in [0, 0.05) is 5.69 Å². The second-order valence-corrected chi connectivity index (χ2v) is 6.12. The molecule has 1 aromatic heterocycles. The quantitative estimate of drug-likeness (QED) is 0.600. The van der Waals surface area contributed by atoms with E-state index in [2.05, 4.69) is 10.4 Å². The molecule has 0 bridgehead atoms. The number of carbonyl (C=O) groups excluding carboxylic acids is 2. The number of nitrogens with zero attached hydrogens (tertiary/aromatic N) is 2. The number of benzene rings is 2. The van der Waals surface area contributed by atoms with Crippen LogP contribution in [-0.2, 0) is 27.3 Å².